The first-order valence-corrected chi connectivity index (χ1v) is 5.35. The van der Waals surface area contributed by atoms with Crippen molar-refractivity contribution in [3.8, 4) is 11.3 Å². The predicted molar refractivity (Wildman–Crippen MR) is 60.7 cm³/mol. The molecule has 0 atom stereocenters. The van der Waals surface area contributed by atoms with E-state index in [2.05, 4.69) is 10.1 Å². The third kappa shape index (κ3) is 2.45. The summed E-state index contributed by atoms with van der Waals surface area (Å²) in [5.41, 5.74) is 0.694. The average molecular weight is 253 g/mol. The van der Waals surface area contributed by atoms with Gasteiger partial charge in [0.2, 0.25) is 0 Å². The van der Waals surface area contributed by atoms with E-state index in [4.69, 9.17) is 20.9 Å². The van der Waals surface area contributed by atoms with Crippen LogP contribution in [0, 0.1) is 0 Å². The molecule has 88 valence electrons. The molecule has 5 nitrogen and oxygen atoms in total. The van der Waals surface area contributed by atoms with Crippen molar-refractivity contribution >= 4 is 17.6 Å². The summed E-state index contributed by atoms with van der Waals surface area (Å²) in [6.07, 6.45) is 1.56. The average Bonchev–Trinajstić information content (AvgIpc) is 2.79. The Kier molecular flexibility index (Phi) is 3.39. The monoisotopic (exact) mass is 252 g/mol. The molecule has 0 fully saturated rings. The molecule has 0 unspecified atom stereocenters. The summed E-state index contributed by atoms with van der Waals surface area (Å²) >= 11 is 5.89. The van der Waals surface area contributed by atoms with Crippen molar-refractivity contribution in [2.24, 2.45) is 0 Å². The summed E-state index contributed by atoms with van der Waals surface area (Å²) in [6.45, 7) is 2.01. The lowest BCUT2D eigenvalue weighted by atomic mass is 10.2. The van der Waals surface area contributed by atoms with Crippen LogP contribution in [-0.2, 0) is 4.74 Å². The van der Waals surface area contributed by atoms with Crippen LogP contribution in [0.4, 0.5) is 0 Å². The summed E-state index contributed by atoms with van der Waals surface area (Å²) in [5.74, 6) is -0.145. The number of hydrogen-bond donors (Lipinski definition) is 0. The molecule has 2 heterocycles. The molecule has 0 radical (unpaired) electrons. The highest BCUT2D eigenvalue weighted by Gasteiger charge is 2.16. The molecule has 6 heteroatoms. The van der Waals surface area contributed by atoms with Gasteiger partial charge < -0.3 is 9.26 Å². The summed E-state index contributed by atoms with van der Waals surface area (Å²) < 4.78 is 9.82. The molecule has 2 aromatic heterocycles. The van der Waals surface area contributed by atoms with Gasteiger partial charge in [0.15, 0.2) is 11.5 Å². The molecule has 0 aliphatic rings. The molecule has 0 aliphatic carbocycles. The van der Waals surface area contributed by atoms with Crippen LogP contribution in [0.3, 0.4) is 0 Å². The van der Waals surface area contributed by atoms with Crippen LogP contribution in [0.1, 0.15) is 17.4 Å². The first-order valence-electron chi connectivity index (χ1n) is 4.97. The van der Waals surface area contributed by atoms with Crippen molar-refractivity contribution in [1.82, 2.24) is 10.1 Å². The summed E-state index contributed by atoms with van der Waals surface area (Å²) in [7, 11) is 0. The van der Waals surface area contributed by atoms with E-state index in [1.165, 1.54) is 6.07 Å². The molecule has 0 aromatic carbocycles. The van der Waals surface area contributed by atoms with Crippen LogP contribution in [0.25, 0.3) is 11.3 Å². The summed E-state index contributed by atoms with van der Waals surface area (Å²) in [6, 6.07) is 4.92. The van der Waals surface area contributed by atoms with Gasteiger partial charge in [-0.2, -0.15) is 0 Å². The molecule has 2 aromatic rings. The van der Waals surface area contributed by atoms with Crippen molar-refractivity contribution in [3.63, 3.8) is 0 Å². The van der Waals surface area contributed by atoms with Gasteiger partial charge in [0.05, 0.1) is 12.2 Å². The molecule has 0 bridgehead atoms. The largest absolute Gasteiger partial charge is 0.461 e. The molecular weight excluding hydrogens is 244 g/mol. The number of pyridine rings is 1. The van der Waals surface area contributed by atoms with Gasteiger partial charge in [-0.25, -0.2) is 9.78 Å². The normalized spacial score (nSPS) is 10.2. The second-order valence-electron chi connectivity index (χ2n) is 3.14. The highest BCUT2D eigenvalue weighted by Crippen LogP contribution is 2.26. The van der Waals surface area contributed by atoms with Gasteiger partial charge in [-0.3, -0.25) is 0 Å². The Balaban J connectivity index is 2.30. The molecular formula is C11H9ClN2O3. The molecule has 0 amide bonds. The van der Waals surface area contributed by atoms with E-state index in [-0.39, 0.29) is 12.3 Å². The lowest BCUT2D eigenvalue weighted by Crippen LogP contribution is -2.04. The Bertz CT molecular complexity index is 539. The maximum absolute atomic E-state index is 11.4. The fraction of sp³-hybridized carbons (Fsp3) is 0.182. The Morgan fingerprint density at radius 2 is 2.41 bits per heavy atom. The van der Waals surface area contributed by atoms with Gasteiger partial charge in [0.1, 0.15) is 5.15 Å². The van der Waals surface area contributed by atoms with Crippen LogP contribution in [0.2, 0.25) is 5.15 Å². The summed E-state index contributed by atoms with van der Waals surface area (Å²) in [4.78, 5) is 15.3. The number of aromatic nitrogens is 2. The van der Waals surface area contributed by atoms with E-state index in [0.29, 0.717) is 16.5 Å². The fourth-order valence-electron chi connectivity index (χ4n) is 1.27. The molecule has 0 N–H and O–H groups in total. The van der Waals surface area contributed by atoms with E-state index in [9.17, 15) is 4.79 Å². The summed E-state index contributed by atoms with van der Waals surface area (Å²) in [5, 5.41) is 3.91. The van der Waals surface area contributed by atoms with E-state index in [1.807, 2.05) is 0 Å². The molecule has 17 heavy (non-hydrogen) atoms. The zero-order chi connectivity index (χ0) is 12.3. The van der Waals surface area contributed by atoms with E-state index >= 15 is 0 Å². The molecule has 0 saturated carbocycles. The standard InChI is InChI=1S/C11H9ClN2O3/c1-2-16-11(15)8-6-9(17-14-8)7-4-3-5-13-10(7)12/h3-6H,2H2,1H3. The number of carbonyl (C=O) groups excluding carboxylic acids is 1. The van der Waals surface area contributed by atoms with E-state index in [0.717, 1.165) is 0 Å². The van der Waals surface area contributed by atoms with E-state index in [1.54, 1.807) is 25.3 Å². The third-order valence-electron chi connectivity index (χ3n) is 2.02. The van der Waals surface area contributed by atoms with Gasteiger partial charge in [-0.05, 0) is 19.1 Å². The van der Waals surface area contributed by atoms with Gasteiger partial charge >= 0.3 is 5.97 Å². The molecule has 0 spiro atoms. The van der Waals surface area contributed by atoms with Gasteiger partial charge in [0.25, 0.3) is 0 Å². The van der Waals surface area contributed by atoms with Crippen LogP contribution in [0.15, 0.2) is 28.9 Å². The highest BCUT2D eigenvalue weighted by molar-refractivity contribution is 6.31. The van der Waals surface area contributed by atoms with Crippen molar-refractivity contribution < 1.29 is 14.1 Å². The van der Waals surface area contributed by atoms with Gasteiger partial charge in [-0.1, -0.05) is 16.8 Å². The number of esters is 1. The first-order chi connectivity index (χ1) is 8.22. The number of nitrogens with zero attached hydrogens (tertiary/aromatic N) is 2. The van der Waals surface area contributed by atoms with E-state index < -0.39 is 5.97 Å². The van der Waals surface area contributed by atoms with Gasteiger partial charge in [0, 0.05) is 12.3 Å². The zero-order valence-corrected chi connectivity index (χ0v) is 9.77. The number of rotatable bonds is 3. The number of carbonyl (C=O) groups is 1. The topological polar surface area (TPSA) is 65.2 Å². The molecule has 2 rings (SSSR count). The third-order valence-corrected chi connectivity index (χ3v) is 2.32. The minimum atomic E-state index is -0.525. The zero-order valence-electron chi connectivity index (χ0n) is 9.01. The Labute approximate surface area is 102 Å². The van der Waals surface area contributed by atoms with Gasteiger partial charge in [-0.15, -0.1) is 0 Å². The van der Waals surface area contributed by atoms with Crippen LogP contribution >= 0.6 is 11.6 Å². The van der Waals surface area contributed by atoms with Crippen LogP contribution < -0.4 is 0 Å². The Morgan fingerprint density at radius 3 is 3.12 bits per heavy atom. The predicted octanol–water partition coefficient (Wildman–Crippen LogP) is 2.57. The Morgan fingerprint density at radius 1 is 1.59 bits per heavy atom. The lowest BCUT2D eigenvalue weighted by molar-refractivity contribution is 0.0514. The quantitative estimate of drug-likeness (QED) is 0.620. The minimum Gasteiger partial charge on any atom is -0.461 e. The van der Waals surface area contributed by atoms with Crippen molar-refractivity contribution in [2.75, 3.05) is 6.61 Å². The van der Waals surface area contributed by atoms with Crippen molar-refractivity contribution in [1.29, 1.82) is 0 Å². The van der Waals surface area contributed by atoms with Crippen LogP contribution in [0.5, 0.6) is 0 Å². The minimum absolute atomic E-state index is 0.113. The SMILES string of the molecule is CCOC(=O)c1cc(-c2cccnc2Cl)on1. The van der Waals surface area contributed by atoms with Crippen molar-refractivity contribution in [2.45, 2.75) is 6.92 Å². The van der Waals surface area contributed by atoms with Crippen molar-refractivity contribution in [3.05, 3.63) is 35.2 Å². The highest BCUT2D eigenvalue weighted by atomic mass is 35.5. The first kappa shape index (κ1) is 11.6. The smallest absolute Gasteiger partial charge is 0.360 e. The lowest BCUT2D eigenvalue weighted by Gasteiger charge is -1.96. The maximum Gasteiger partial charge on any atom is 0.360 e. The second kappa shape index (κ2) is 4.97. The number of hydrogen-bond acceptors (Lipinski definition) is 5. The second-order valence-corrected chi connectivity index (χ2v) is 3.50. The fourth-order valence-corrected chi connectivity index (χ4v) is 1.49. The molecule has 0 aliphatic heterocycles. The molecule has 0 saturated heterocycles. The number of ether oxygens (including phenoxy) is 1. The van der Waals surface area contributed by atoms with Crippen LogP contribution in [-0.4, -0.2) is 22.7 Å². The maximum atomic E-state index is 11.4. The Hall–Kier alpha value is -1.88. The number of halogens is 1.